The summed E-state index contributed by atoms with van der Waals surface area (Å²) in [6, 6.07) is 15.6. The predicted molar refractivity (Wildman–Crippen MR) is 108 cm³/mol. The number of benzene rings is 2. The van der Waals surface area contributed by atoms with Crippen LogP contribution in [0.2, 0.25) is 0 Å². The number of hydrogen-bond donors (Lipinski definition) is 1. The average molecular weight is 363 g/mol. The van der Waals surface area contributed by atoms with Gasteiger partial charge in [0.1, 0.15) is 5.75 Å². The summed E-state index contributed by atoms with van der Waals surface area (Å²) in [4.78, 5) is 17.2. The molecule has 140 valence electrons. The van der Waals surface area contributed by atoms with Crippen LogP contribution >= 0.6 is 0 Å². The summed E-state index contributed by atoms with van der Waals surface area (Å²) in [5.74, 6) is 0.289. The van der Waals surface area contributed by atoms with Gasteiger partial charge in [-0.05, 0) is 30.7 Å². The van der Waals surface area contributed by atoms with Crippen molar-refractivity contribution in [1.82, 2.24) is 9.47 Å². The fourth-order valence-corrected chi connectivity index (χ4v) is 4.02. The number of aryl methyl sites for hydroxylation is 1. The van der Waals surface area contributed by atoms with Crippen molar-refractivity contribution in [2.24, 2.45) is 7.05 Å². The smallest absolute Gasteiger partial charge is 0.230 e. The number of aromatic nitrogens is 1. The number of carbonyl (C=O) groups excluding carboxylic acids is 1. The molecule has 0 radical (unpaired) electrons. The standard InChI is InChI=1S/C22H25N3O2/c1-16(18-15-23(2)19-8-4-3-7-17(18)19)22(27)25-13-11-24(12-14-25)20-9-5-6-10-21(20)26/h3-10,15-16,26H,11-14H2,1-2H3. The normalized spacial score (nSPS) is 15.9. The molecule has 4 rings (SSSR count). The molecule has 1 N–H and O–H groups in total. The molecule has 0 bridgehead atoms. The van der Waals surface area contributed by atoms with Crippen LogP contribution in [0.4, 0.5) is 5.69 Å². The second-order valence-corrected chi connectivity index (χ2v) is 7.24. The summed E-state index contributed by atoms with van der Waals surface area (Å²) in [6.45, 7) is 4.79. The zero-order valence-corrected chi connectivity index (χ0v) is 15.8. The van der Waals surface area contributed by atoms with E-state index in [9.17, 15) is 9.90 Å². The van der Waals surface area contributed by atoms with Gasteiger partial charge in [-0.3, -0.25) is 4.79 Å². The van der Waals surface area contributed by atoms with Gasteiger partial charge in [0, 0.05) is 50.3 Å². The summed E-state index contributed by atoms with van der Waals surface area (Å²) in [5.41, 5.74) is 3.07. The number of nitrogens with zero attached hydrogens (tertiary/aromatic N) is 3. The van der Waals surface area contributed by atoms with Crippen LogP contribution in [-0.2, 0) is 11.8 Å². The van der Waals surface area contributed by atoms with Gasteiger partial charge >= 0.3 is 0 Å². The van der Waals surface area contributed by atoms with Gasteiger partial charge in [-0.1, -0.05) is 30.3 Å². The lowest BCUT2D eigenvalue weighted by Crippen LogP contribution is -2.49. The molecule has 1 aliphatic heterocycles. The van der Waals surface area contributed by atoms with Crippen molar-refractivity contribution in [2.75, 3.05) is 31.1 Å². The molecular formula is C22H25N3O2. The van der Waals surface area contributed by atoms with Gasteiger partial charge in [0.2, 0.25) is 5.91 Å². The van der Waals surface area contributed by atoms with Crippen molar-refractivity contribution < 1.29 is 9.90 Å². The summed E-state index contributed by atoms with van der Waals surface area (Å²) in [6.07, 6.45) is 2.07. The number of piperazine rings is 1. The third kappa shape index (κ3) is 3.14. The number of phenolic OH excluding ortho intramolecular Hbond substituents is 1. The number of rotatable bonds is 3. The van der Waals surface area contributed by atoms with E-state index in [-0.39, 0.29) is 11.8 Å². The Morgan fingerprint density at radius 3 is 2.41 bits per heavy atom. The van der Waals surface area contributed by atoms with E-state index in [4.69, 9.17) is 0 Å². The lowest BCUT2D eigenvalue weighted by atomic mass is 9.98. The van der Waals surface area contributed by atoms with Crippen LogP contribution in [0.5, 0.6) is 5.75 Å². The lowest BCUT2D eigenvalue weighted by molar-refractivity contribution is -0.132. The third-order valence-corrected chi connectivity index (χ3v) is 5.58. The van der Waals surface area contributed by atoms with Gasteiger partial charge < -0.3 is 19.5 Å². The molecule has 5 nitrogen and oxygen atoms in total. The Balaban J connectivity index is 1.48. The molecule has 1 amide bonds. The largest absolute Gasteiger partial charge is 0.506 e. The molecule has 0 aliphatic carbocycles. The van der Waals surface area contributed by atoms with Gasteiger partial charge in [0.15, 0.2) is 0 Å². The fraction of sp³-hybridized carbons (Fsp3) is 0.318. The summed E-state index contributed by atoms with van der Waals surface area (Å²) < 4.78 is 2.09. The summed E-state index contributed by atoms with van der Waals surface area (Å²) in [5, 5.41) is 11.2. The number of para-hydroxylation sites is 3. The number of anilines is 1. The second-order valence-electron chi connectivity index (χ2n) is 7.24. The highest BCUT2D eigenvalue weighted by Crippen LogP contribution is 2.30. The molecule has 1 fully saturated rings. The van der Waals surface area contributed by atoms with E-state index >= 15 is 0 Å². The van der Waals surface area contributed by atoms with Crippen molar-refractivity contribution in [3.8, 4) is 5.75 Å². The van der Waals surface area contributed by atoms with Crippen LogP contribution in [0.15, 0.2) is 54.7 Å². The molecule has 3 aromatic rings. The molecular weight excluding hydrogens is 338 g/mol. The number of phenols is 1. The molecule has 1 saturated heterocycles. The molecule has 1 aromatic heterocycles. The van der Waals surface area contributed by atoms with E-state index in [1.54, 1.807) is 6.07 Å². The van der Waals surface area contributed by atoms with Crippen LogP contribution < -0.4 is 4.90 Å². The minimum Gasteiger partial charge on any atom is -0.506 e. The number of aromatic hydroxyl groups is 1. The minimum absolute atomic E-state index is 0.170. The van der Waals surface area contributed by atoms with Crippen LogP contribution in [0.3, 0.4) is 0 Å². The van der Waals surface area contributed by atoms with Crippen molar-refractivity contribution in [3.05, 3.63) is 60.3 Å². The molecule has 1 unspecified atom stereocenters. The Labute approximate surface area is 159 Å². The Kier molecular flexibility index (Phi) is 4.52. The molecule has 5 heteroatoms. The fourth-order valence-electron chi connectivity index (χ4n) is 4.02. The van der Waals surface area contributed by atoms with Crippen molar-refractivity contribution in [2.45, 2.75) is 12.8 Å². The third-order valence-electron chi connectivity index (χ3n) is 5.58. The molecule has 1 aliphatic rings. The monoisotopic (exact) mass is 363 g/mol. The Bertz CT molecular complexity index is 971. The Hall–Kier alpha value is -2.95. The van der Waals surface area contributed by atoms with E-state index in [0.717, 1.165) is 35.2 Å². The zero-order valence-electron chi connectivity index (χ0n) is 15.8. The quantitative estimate of drug-likeness (QED) is 0.776. The van der Waals surface area contributed by atoms with Crippen LogP contribution in [0.25, 0.3) is 10.9 Å². The molecule has 1 atom stereocenters. The van der Waals surface area contributed by atoms with E-state index in [2.05, 4.69) is 27.8 Å². The highest BCUT2D eigenvalue weighted by molar-refractivity contribution is 5.92. The molecule has 2 aromatic carbocycles. The van der Waals surface area contributed by atoms with Gasteiger partial charge in [0.25, 0.3) is 0 Å². The first-order valence-corrected chi connectivity index (χ1v) is 9.42. The van der Waals surface area contributed by atoms with Crippen LogP contribution in [0, 0.1) is 0 Å². The van der Waals surface area contributed by atoms with E-state index in [1.807, 2.05) is 49.2 Å². The van der Waals surface area contributed by atoms with Crippen LogP contribution in [0.1, 0.15) is 18.4 Å². The highest BCUT2D eigenvalue weighted by Gasteiger charge is 2.28. The zero-order chi connectivity index (χ0) is 19.0. The number of carbonyl (C=O) groups is 1. The summed E-state index contributed by atoms with van der Waals surface area (Å²) >= 11 is 0. The number of fused-ring (bicyclic) bond motifs is 1. The maximum absolute atomic E-state index is 13.1. The van der Waals surface area contributed by atoms with Gasteiger partial charge in [-0.25, -0.2) is 0 Å². The Morgan fingerprint density at radius 1 is 1.00 bits per heavy atom. The number of amides is 1. The first-order chi connectivity index (χ1) is 13.1. The number of hydrogen-bond acceptors (Lipinski definition) is 3. The first kappa shape index (κ1) is 17.5. The van der Waals surface area contributed by atoms with Gasteiger partial charge in [0.05, 0.1) is 11.6 Å². The van der Waals surface area contributed by atoms with Crippen molar-refractivity contribution in [3.63, 3.8) is 0 Å². The Morgan fingerprint density at radius 2 is 1.67 bits per heavy atom. The topological polar surface area (TPSA) is 48.7 Å². The second kappa shape index (κ2) is 6.99. The highest BCUT2D eigenvalue weighted by atomic mass is 16.3. The van der Waals surface area contributed by atoms with Crippen molar-refractivity contribution in [1.29, 1.82) is 0 Å². The molecule has 2 heterocycles. The molecule has 27 heavy (non-hydrogen) atoms. The lowest BCUT2D eigenvalue weighted by Gasteiger charge is -2.37. The average Bonchev–Trinajstić information content (AvgIpc) is 3.04. The first-order valence-electron chi connectivity index (χ1n) is 9.42. The van der Waals surface area contributed by atoms with E-state index < -0.39 is 0 Å². The minimum atomic E-state index is -0.173. The predicted octanol–water partition coefficient (Wildman–Crippen LogP) is 3.34. The van der Waals surface area contributed by atoms with Crippen molar-refractivity contribution >= 4 is 22.5 Å². The SMILES string of the molecule is CC(C(=O)N1CCN(c2ccccc2O)CC1)c1cn(C)c2ccccc12. The maximum Gasteiger partial charge on any atom is 0.230 e. The van der Waals surface area contributed by atoms with Gasteiger partial charge in [-0.15, -0.1) is 0 Å². The molecule has 0 saturated carbocycles. The molecule has 0 spiro atoms. The van der Waals surface area contributed by atoms with E-state index in [0.29, 0.717) is 18.8 Å². The van der Waals surface area contributed by atoms with Gasteiger partial charge in [-0.2, -0.15) is 0 Å². The summed E-state index contributed by atoms with van der Waals surface area (Å²) in [7, 11) is 2.02. The maximum atomic E-state index is 13.1. The van der Waals surface area contributed by atoms with E-state index in [1.165, 1.54) is 0 Å². The van der Waals surface area contributed by atoms with Crippen LogP contribution in [-0.4, -0.2) is 46.7 Å².